The summed E-state index contributed by atoms with van der Waals surface area (Å²) < 4.78 is 5.89. The molecule has 0 heterocycles. The van der Waals surface area contributed by atoms with E-state index in [1.807, 2.05) is 48.5 Å². The van der Waals surface area contributed by atoms with Crippen molar-refractivity contribution in [1.29, 1.82) is 0 Å². The van der Waals surface area contributed by atoms with Crippen molar-refractivity contribution in [3.8, 4) is 17.6 Å². The average molecular weight is 423 g/mol. The topological polar surface area (TPSA) is 26.3 Å². The molecule has 0 bridgehead atoms. The van der Waals surface area contributed by atoms with Crippen molar-refractivity contribution < 1.29 is 9.53 Å². The van der Waals surface area contributed by atoms with E-state index in [0.717, 1.165) is 41.4 Å². The third-order valence-electron chi connectivity index (χ3n) is 4.88. The number of halogens is 1. The van der Waals surface area contributed by atoms with Crippen molar-refractivity contribution in [3.05, 3.63) is 71.3 Å². The molecule has 0 N–H and O–H groups in total. The van der Waals surface area contributed by atoms with E-state index in [4.69, 9.17) is 16.3 Å². The Balaban J connectivity index is 1.79. The number of carbonyl (C=O) groups is 1. The molecule has 30 heavy (non-hydrogen) atoms. The summed E-state index contributed by atoms with van der Waals surface area (Å²) in [5.41, 5.74) is 2.77. The largest absolute Gasteiger partial charge is 0.494 e. The van der Waals surface area contributed by atoms with Crippen LogP contribution in [0.1, 0.15) is 63.1 Å². The first-order chi connectivity index (χ1) is 14.4. The molecule has 1 unspecified atom stereocenters. The zero-order valence-corrected chi connectivity index (χ0v) is 18.9. The van der Waals surface area contributed by atoms with Gasteiger partial charge in [-0.1, -0.05) is 70.1 Å². The number of benzene rings is 2. The lowest BCUT2D eigenvalue weighted by Gasteiger charge is -2.13. The Labute approximate surface area is 186 Å². The van der Waals surface area contributed by atoms with Gasteiger partial charge in [-0.3, -0.25) is 4.79 Å². The highest BCUT2D eigenvalue weighted by molar-refractivity contribution is 6.66. The molecular weight excluding hydrogens is 392 g/mol. The van der Waals surface area contributed by atoms with Crippen molar-refractivity contribution in [2.24, 2.45) is 11.8 Å². The average Bonchev–Trinajstić information content (AvgIpc) is 2.72. The number of carbonyl (C=O) groups excluding carboxylic acids is 1. The second kappa shape index (κ2) is 12.9. The molecule has 2 rings (SSSR count). The summed E-state index contributed by atoms with van der Waals surface area (Å²) in [6.45, 7) is 7.63. The maximum absolute atomic E-state index is 10.8. The lowest BCUT2D eigenvalue weighted by molar-refractivity contribution is -0.107. The highest BCUT2D eigenvalue weighted by Crippen LogP contribution is 2.17. The molecule has 0 fully saturated rings. The van der Waals surface area contributed by atoms with Gasteiger partial charge in [-0.05, 0) is 77.9 Å². The zero-order chi connectivity index (χ0) is 21.8. The molecule has 2 aromatic rings. The van der Waals surface area contributed by atoms with Gasteiger partial charge in [0.2, 0.25) is 5.24 Å². The summed E-state index contributed by atoms with van der Waals surface area (Å²) in [5, 5.41) is -0.484. The number of hydrogen-bond acceptors (Lipinski definition) is 2. The molecule has 1 atom stereocenters. The van der Waals surface area contributed by atoms with Crippen molar-refractivity contribution in [3.63, 3.8) is 0 Å². The maximum Gasteiger partial charge on any atom is 0.245 e. The molecule has 0 aliphatic heterocycles. The first kappa shape index (κ1) is 23.8. The first-order valence-corrected chi connectivity index (χ1v) is 11.0. The maximum atomic E-state index is 10.8. The fourth-order valence-corrected chi connectivity index (χ4v) is 3.08. The lowest BCUT2D eigenvalue weighted by Crippen LogP contribution is -2.04. The van der Waals surface area contributed by atoms with E-state index < -0.39 is 5.24 Å². The molecule has 0 saturated carbocycles. The van der Waals surface area contributed by atoms with Crippen LogP contribution in [-0.4, -0.2) is 11.8 Å². The minimum Gasteiger partial charge on any atom is -0.494 e. The molecule has 0 saturated heterocycles. The molecule has 0 radical (unpaired) electrons. The van der Waals surface area contributed by atoms with Gasteiger partial charge in [0, 0.05) is 11.1 Å². The van der Waals surface area contributed by atoms with E-state index in [1.165, 1.54) is 25.3 Å². The predicted octanol–water partition coefficient (Wildman–Crippen LogP) is 7.10. The molecule has 0 aliphatic rings. The highest BCUT2D eigenvalue weighted by Gasteiger charge is 2.04. The van der Waals surface area contributed by atoms with E-state index in [-0.39, 0.29) is 0 Å². The Morgan fingerprint density at radius 1 is 0.933 bits per heavy atom. The third-order valence-corrected chi connectivity index (χ3v) is 5.01. The van der Waals surface area contributed by atoms with Gasteiger partial charge in [0.15, 0.2) is 0 Å². The second-order valence-corrected chi connectivity index (χ2v) is 8.47. The fourth-order valence-electron chi connectivity index (χ4n) is 3.01. The molecule has 0 spiro atoms. The van der Waals surface area contributed by atoms with Gasteiger partial charge < -0.3 is 4.74 Å². The summed E-state index contributed by atoms with van der Waals surface area (Å²) in [6, 6.07) is 15.6. The van der Waals surface area contributed by atoms with Gasteiger partial charge in [0.05, 0.1) is 6.61 Å². The van der Waals surface area contributed by atoms with Gasteiger partial charge >= 0.3 is 0 Å². The van der Waals surface area contributed by atoms with Crippen LogP contribution in [0.15, 0.2) is 54.6 Å². The summed E-state index contributed by atoms with van der Waals surface area (Å²) in [4.78, 5) is 10.8. The summed E-state index contributed by atoms with van der Waals surface area (Å²) in [6.07, 6.45) is 7.99. The van der Waals surface area contributed by atoms with Crippen molar-refractivity contribution in [1.82, 2.24) is 0 Å². The number of allylic oxidation sites excluding steroid dienone is 1. The molecule has 158 valence electrons. The third kappa shape index (κ3) is 9.81. The van der Waals surface area contributed by atoms with Crippen LogP contribution in [0.3, 0.4) is 0 Å². The van der Waals surface area contributed by atoms with Crippen molar-refractivity contribution in [2.75, 3.05) is 6.61 Å². The molecule has 2 aromatic carbocycles. The van der Waals surface area contributed by atoms with Crippen LogP contribution in [0.4, 0.5) is 0 Å². The Hall–Kier alpha value is -2.50. The summed E-state index contributed by atoms with van der Waals surface area (Å²) >= 11 is 5.30. The van der Waals surface area contributed by atoms with E-state index in [2.05, 4.69) is 32.6 Å². The van der Waals surface area contributed by atoms with Crippen LogP contribution in [0.5, 0.6) is 5.75 Å². The minimum atomic E-state index is -0.484. The van der Waals surface area contributed by atoms with Crippen LogP contribution < -0.4 is 4.74 Å². The van der Waals surface area contributed by atoms with Crippen LogP contribution in [0.2, 0.25) is 0 Å². The molecule has 0 amide bonds. The zero-order valence-electron chi connectivity index (χ0n) is 18.2. The van der Waals surface area contributed by atoms with E-state index in [0.29, 0.717) is 5.92 Å². The predicted molar refractivity (Wildman–Crippen MR) is 127 cm³/mol. The lowest BCUT2D eigenvalue weighted by atomic mass is 9.98. The quantitative estimate of drug-likeness (QED) is 0.232. The molecule has 0 aromatic heterocycles. The Kier molecular flexibility index (Phi) is 10.3. The Morgan fingerprint density at radius 3 is 2.10 bits per heavy atom. The van der Waals surface area contributed by atoms with Crippen LogP contribution in [0, 0.1) is 23.7 Å². The minimum absolute atomic E-state index is 0.484. The fraction of sp³-hybridized carbons (Fsp3) is 0.370. The van der Waals surface area contributed by atoms with E-state index >= 15 is 0 Å². The normalized spacial score (nSPS) is 11.9. The molecule has 3 heteroatoms. The first-order valence-electron chi connectivity index (χ1n) is 10.6. The number of hydrogen-bond donors (Lipinski definition) is 0. The second-order valence-electron chi connectivity index (χ2n) is 8.10. The van der Waals surface area contributed by atoms with Crippen LogP contribution >= 0.6 is 11.6 Å². The Bertz CT molecular complexity index is 868. The summed E-state index contributed by atoms with van der Waals surface area (Å²) in [5.74, 6) is 8.70. The number of ether oxygens (including phenoxy) is 1. The van der Waals surface area contributed by atoms with Gasteiger partial charge in [0.1, 0.15) is 5.75 Å². The van der Waals surface area contributed by atoms with Gasteiger partial charge in [-0.2, -0.15) is 0 Å². The van der Waals surface area contributed by atoms with Gasteiger partial charge in [-0.15, -0.1) is 0 Å². The van der Waals surface area contributed by atoms with Crippen molar-refractivity contribution >= 4 is 22.9 Å². The van der Waals surface area contributed by atoms with E-state index in [1.54, 1.807) is 6.08 Å². The monoisotopic (exact) mass is 422 g/mol. The van der Waals surface area contributed by atoms with E-state index in [9.17, 15) is 4.79 Å². The summed E-state index contributed by atoms with van der Waals surface area (Å²) in [7, 11) is 0. The smallest absolute Gasteiger partial charge is 0.245 e. The van der Waals surface area contributed by atoms with Gasteiger partial charge in [0.25, 0.3) is 0 Å². The SMILES string of the molecule is CC(C)CCCC(C)CCOc1ccc(C#Cc2ccc(/C=C/C(=O)Cl)cc2)cc1. The Morgan fingerprint density at radius 2 is 1.53 bits per heavy atom. The van der Waals surface area contributed by atoms with Gasteiger partial charge in [-0.25, -0.2) is 0 Å². The van der Waals surface area contributed by atoms with Crippen LogP contribution in [-0.2, 0) is 4.79 Å². The molecule has 2 nitrogen and oxygen atoms in total. The van der Waals surface area contributed by atoms with Crippen molar-refractivity contribution in [2.45, 2.75) is 46.5 Å². The van der Waals surface area contributed by atoms with Crippen LogP contribution in [0.25, 0.3) is 6.08 Å². The number of rotatable bonds is 10. The molecular formula is C27H31ClO2. The highest BCUT2D eigenvalue weighted by atomic mass is 35.5. The molecule has 0 aliphatic carbocycles. The standard InChI is InChI=1S/C27H31ClO2/c1-21(2)5-4-6-22(3)19-20-30-26-16-13-25(14-17-26)12-9-23-7-10-24(11-8-23)15-18-27(28)29/h7-8,10-11,13-18,21-22H,4-6,19-20H2,1-3H3/b18-15+.